The third kappa shape index (κ3) is 2.30. The predicted octanol–water partition coefficient (Wildman–Crippen LogP) is 2.16. The van der Waals surface area contributed by atoms with Gasteiger partial charge in [-0.15, -0.1) is 0 Å². The first kappa shape index (κ1) is 14.0. The molecular weight excluding hydrogens is 270 g/mol. The van der Waals surface area contributed by atoms with Gasteiger partial charge in [-0.25, -0.2) is 0 Å². The highest BCUT2D eigenvalue weighted by molar-refractivity contribution is 5.60. The van der Waals surface area contributed by atoms with Crippen LogP contribution in [0.1, 0.15) is 31.2 Å². The Bertz CT molecular complexity index is 570. The van der Waals surface area contributed by atoms with Crippen molar-refractivity contribution in [3.8, 4) is 23.3 Å². The van der Waals surface area contributed by atoms with Crippen molar-refractivity contribution in [1.82, 2.24) is 0 Å². The maximum Gasteiger partial charge on any atom is 0.204 e. The van der Waals surface area contributed by atoms with Crippen LogP contribution in [0.2, 0.25) is 0 Å². The van der Waals surface area contributed by atoms with Gasteiger partial charge in [0.25, 0.3) is 0 Å². The summed E-state index contributed by atoms with van der Waals surface area (Å²) in [7, 11) is 1.59. The Kier molecular flexibility index (Phi) is 3.64. The van der Waals surface area contributed by atoms with Gasteiger partial charge in [-0.1, -0.05) is 0 Å². The molecule has 0 radical (unpaired) electrons. The average molecular weight is 289 g/mol. The lowest BCUT2D eigenvalue weighted by Gasteiger charge is -2.35. The number of ether oxygens (including phenoxy) is 3. The molecule has 1 fully saturated rings. The van der Waals surface area contributed by atoms with Crippen molar-refractivity contribution in [2.75, 3.05) is 20.3 Å². The Morgan fingerprint density at radius 1 is 1.24 bits per heavy atom. The Balaban J connectivity index is 2.07. The summed E-state index contributed by atoms with van der Waals surface area (Å²) >= 11 is 0. The van der Waals surface area contributed by atoms with Crippen LogP contribution in [0.25, 0.3) is 0 Å². The van der Waals surface area contributed by atoms with E-state index in [1.54, 1.807) is 7.11 Å². The van der Waals surface area contributed by atoms with Crippen LogP contribution in [0, 0.1) is 11.3 Å². The number of aliphatic hydroxyl groups excluding tert-OH is 1. The monoisotopic (exact) mass is 289 g/mol. The number of nitrogens with zero attached hydrogens (tertiary/aromatic N) is 1. The first-order chi connectivity index (χ1) is 10.2. The molecule has 0 saturated heterocycles. The lowest BCUT2D eigenvalue weighted by atomic mass is 9.69. The molecule has 1 aliphatic carbocycles. The molecule has 5 heteroatoms. The van der Waals surface area contributed by atoms with E-state index in [9.17, 15) is 10.4 Å². The second-order valence-electron chi connectivity index (χ2n) is 5.60. The standard InChI is InChI=1S/C16H19NO4/c1-19-13-3-2-12(14-15(13)21-9-8-20-14)16(10-17)6-4-11(18)5-7-16/h2-3,11,18H,4-9H2,1H3/t11-,16+. The molecule has 3 rings (SSSR count). The van der Waals surface area contributed by atoms with Crippen molar-refractivity contribution < 1.29 is 19.3 Å². The van der Waals surface area contributed by atoms with Gasteiger partial charge in [0.05, 0.1) is 24.7 Å². The number of benzene rings is 1. The topological polar surface area (TPSA) is 71.7 Å². The molecule has 112 valence electrons. The van der Waals surface area contributed by atoms with Crippen LogP contribution in [-0.2, 0) is 5.41 Å². The fourth-order valence-corrected chi connectivity index (χ4v) is 3.19. The smallest absolute Gasteiger partial charge is 0.204 e. The summed E-state index contributed by atoms with van der Waals surface area (Å²) in [6, 6.07) is 6.18. The van der Waals surface area contributed by atoms with E-state index < -0.39 is 5.41 Å². The highest BCUT2D eigenvalue weighted by Crippen LogP contribution is 2.50. The number of methoxy groups -OCH3 is 1. The highest BCUT2D eigenvalue weighted by atomic mass is 16.6. The van der Waals surface area contributed by atoms with E-state index in [1.807, 2.05) is 12.1 Å². The summed E-state index contributed by atoms with van der Waals surface area (Å²) in [4.78, 5) is 0. The van der Waals surface area contributed by atoms with Gasteiger partial charge in [-0.3, -0.25) is 0 Å². The van der Waals surface area contributed by atoms with Gasteiger partial charge in [0.15, 0.2) is 11.5 Å². The minimum atomic E-state index is -0.615. The van der Waals surface area contributed by atoms with Gasteiger partial charge in [-0.2, -0.15) is 5.26 Å². The van der Waals surface area contributed by atoms with Gasteiger partial charge >= 0.3 is 0 Å². The fourth-order valence-electron chi connectivity index (χ4n) is 3.19. The van der Waals surface area contributed by atoms with Crippen molar-refractivity contribution in [1.29, 1.82) is 5.26 Å². The second-order valence-corrected chi connectivity index (χ2v) is 5.60. The number of hydrogen-bond donors (Lipinski definition) is 1. The summed E-state index contributed by atoms with van der Waals surface area (Å²) in [5.41, 5.74) is 0.239. The molecule has 5 nitrogen and oxygen atoms in total. The molecule has 1 heterocycles. The quantitative estimate of drug-likeness (QED) is 0.903. The summed E-state index contributed by atoms with van der Waals surface area (Å²) in [5.74, 6) is 1.83. The summed E-state index contributed by atoms with van der Waals surface area (Å²) in [6.07, 6.45) is 2.22. The zero-order valence-corrected chi connectivity index (χ0v) is 12.1. The molecule has 0 unspecified atom stereocenters. The van der Waals surface area contributed by atoms with Gasteiger partial charge in [0.1, 0.15) is 13.2 Å². The van der Waals surface area contributed by atoms with Crippen molar-refractivity contribution in [2.45, 2.75) is 37.2 Å². The lowest BCUT2D eigenvalue weighted by Crippen LogP contribution is -2.33. The van der Waals surface area contributed by atoms with Crippen molar-refractivity contribution >= 4 is 0 Å². The van der Waals surface area contributed by atoms with E-state index >= 15 is 0 Å². The Hall–Kier alpha value is -1.93. The van der Waals surface area contributed by atoms with Gasteiger partial charge in [0, 0.05) is 5.56 Å². The van der Waals surface area contributed by atoms with Crippen LogP contribution in [0.4, 0.5) is 0 Å². The summed E-state index contributed by atoms with van der Waals surface area (Å²) in [6.45, 7) is 0.947. The Morgan fingerprint density at radius 2 is 1.90 bits per heavy atom. The van der Waals surface area contributed by atoms with E-state index in [-0.39, 0.29) is 6.10 Å². The van der Waals surface area contributed by atoms with Crippen LogP contribution in [0.5, 0.6) is 17.2 Å². The maximum atomic E-state index is 9.75. The van der Waals surface area contributed by atoms with Crippen LogP contribution < -0.4 is 14.2 Å². The molecule has 21 heavy (non-hydrogen) atoms. The van der Waals surface area contributed by atoms with Crippen LogP contribution in [0.3, 0.4) is 0 Å². The minimum Gasteiger partial charge on any atom is -0.493 e. The summed E-state index contributed by atoms with van der Waals surface area (Å²) in [5, 5.41) is 19.5. The highest BCUT2D eigenvalue weighted by Gasteiger charge is 2.40. The SMILES string of the molecule is COc1ccc([C@]2(C#N)CC[C@H](O)CC2)c2c1OCCO2. The van der Waals surface area contributed by atoms with Gasteiger partial charge in [0.2, 0.25) is 5.75 Å². The number of rotatable bonds is 2. The molecule has 0 bridgehead atoms. The largest absolute Gasteiger partial charge is 0.493 e. The van der Waals surface area contributed by atoms with Crippen LogP contribution >= 0.6 is 0 Å². The molecule has 0 atom stereocenters. The third-order valence-electron chi connectivity index (χ3n) is 4.41. The predicted molar refractivity (Wildman–Crippen MR) is 75.7 cm³/mol. The number of fused-ring (bicyclic) bond motifs is 1. The van der Waals surface area contributed by atoms with Crippen LogP contribution in [-0.4, -0.2) is 31.5 Å². The second kappa shape index (κ2) is 5.45. The van der Waals surface area contributed by atoms with Crippen molar-refractivity contribution in [3.63, 3.8) is 0 Å². The Labute approximate surface area is 124 Å². The van der Waals surface area contributed by atoms with Crippen molar-refractivity contribution in [2.24, 2.45) is 0 Å². The maximum absolute atomic E-state index is 9.75. The molecule has 0 amide bonds. The molecule has 0 spiro atoms. The number of nitriles is 1. The van der Waals surface area contributed by atoms with Gasteiger partial charge < -0.3 is 19.3 Å². The van der Waals surface area contributed by atoms with E-state index in [0.717, 1.165) is 5.56 Å². The van der Waals surface area contributed by atoms with E-state index in [1.165, 1.54) is 0 Å². The molecule has 1 N–H and O–H groups in total. The number of aliphatic hydroxyl groups is 1. The molecule has 1 aromatic rings. The fraction of sp³-hybridized carbons (Fsp3) is 0.562. The molecule has 1 saturated carbocycles. The average Bonchev–Trinajstić information content (AvgIpc) is 2.55. The van der Waals surface area contributed by atoms with E-state index in [4.69, 9.17) is 14.2 Å². The van der Waals surface area contributed by atoms with Crippen LogP contribution in [0.15, 0.2) is 12.1 Å². The van der Waals surface area contributed by atoms with Gasteiger partial charge in [-0.05, 0) is 37.8 Å². The first-order valence-corrected chi connectivity index (χ1v) is 7.26. The van der Waals surface area contributed by atoms with Crippen molar-refractivity contribution in [3.05, 3.63) is 17.7 Å². The zero-order chi connectivity index (χ0) is 14.9. The summed E-state index contributed by atoms with van der Waals surface area (Å²) < 4.78 is 16.8. The molecule has 2 aliphatic rings. The normalized spacial score (nSPS) is 27.8. The molecule has 1 aromatic carbocycles. The molecule has 0 aromatic heterocycles. The number of hydrogen-bond acceptors (Lipinski definition) is 5. The lowest BCUT2D eigenvalue weighted by molar-refractivity contribution is 0.106. The zero-order valence-electron chi connectivity index (χ0n) is 12.1. The molecular formula is C16H19NO4. The van der Waals surface area contributed by atoms with E-state index in [2.05, 4.69) is 6.07 Å². The first-order valence-electron chi connectivity index (χ1n) is 7.26. The Morgan fingerprint density at radius 3 is 2.52 bits per heavy atom. The third-order valence-corrected chi connectivity index (χ3v) is 4.41. The minimum absolute atomic E-state index is 0.308. The molecule has 1 aliphatic heterocycles. The van der Waals surface area contributed by atoms with E-state index in [0.29, 0.717) is 56.1 Å².